The lowest BCUT2D eigenvalue weighted by Crippen LogP contribution is -2.48. The third-order valence-corrected chi connectivity index (χ3v) is 4.12. The highest BCUT2D eigenvalue weighted by atomic mass is 19.1. The number of ether oxygens (including phenoxy) is 1. The van der Waals surface area contributed by atoms with Crippen LogP contribution in [-0.4, -0.2) is 36.5 Å². The van der Waals surface area contributed by atoms with E-state index in [4.69, 9.17) is 4.74 Å². The largest absolute Gasteiger partial charge is 0.497 e. The molecule has 1 unspecified atom stereocenters. The van der Waals surface area contributed by atoms with E-state index in [1.807, 2.05) is 0 Å². The van der Waals surface area contributed by atoms with Gasteiger partial charge >= 0.3 is 5.97 Å². The number of carboxylic acids is 1. The minimum absolute atomic E-state index is 0.0777. The Kier molecular flexibility index (Phi) is 6.70. The van der Waals surface area contributed by atoms with Gasteiger partial charge in [-0.25, -0.2) is 4.39 Å². The van der Waals surface area contributed by atoms with E-state index in [0.29, 0.717) is 11.3 Å². The molecule has 8 heteroatoms. The van der Waals surface area contributed by atoms with Crippen molar-refractivity contribution in [1.82, 2.24) is 10.6 Å². The predicted octanol–water partition coefficient (Wildman–Crippen LogP) is 2.07. The molecule has 0 saturated carbocycles. The van der Waals surface area contributed by atoms with Crippen LogP contribution >= 0.6 is 0 Å². The van der Waals surface area contributed by atoms with Gasteiger partial charge in [0.25, 0.3) is 5.91 Å². The SMILES string of the molecule is COc1cccc(C(C)(CC(=O)O)NC(=O)CNC(=O)c2cccc(F)c2)c1. The van der Waals surface area contributed by atoms with E-state index < -0.39 is 35.7 Å². The Morgan fingerprint density at radius 2 is 1.86 bits per heavy atom. The standard InChI is InChI=1S/C20H21FN2O5/c1-20(11-18(25)26,14-6-4-8-16(10-14)28-2)23-17(24)12-22-19(27)13-5-3-7-15(21)9-13/h3-10H,11-12H2,1-2H3,(H,22,27)(H,23,24)(H,25,26). The molecule has 0 aliphatic rings. The monoisotopic (exact) mass is 388 g/mol. The number of aliphatic carboxylic acids is 1. The van der Waals surface area contributed by atoms with Crippen molar-refractivity contribution in [3.05, 3.63) is 65.5 Å². The maximum absolute atomic E-state index is 13.2. The summed E-state index contributed by atoms with van der Waals surface area (Å²) in [5.74, 6) is -2.35. The number of benzene rings is 2. The molecule has 28 heavy (non-hydrogen) atoms. The first-order valence-electron chi connectivity index (χ1n) is 8.44. The summed E-state index contributed by atoms with van der Waals surface area (Å²) in [6, 6.07) is 11.8. The van der Waals surface area contributed by atoms with E-state index in [1.54, 1.807) is 31.2 Å². The van der Waals surface area contributed by atoms with Crippen LogP contribution in [0.2, 0.25) is 0 Å². The molecule has 2 amide bonds. The average Bonchev–Trinajstić information content (AvgIpc) is 2.65. The van der Waals surface area contributed by atoms with Gasteiger partial charge in [-0.15, -0.1) is 0 Å². The Bertz CT molecular complexity index is 886. The first kappa shape index (κ1) is 20.9. The molecule has 7 nitrogen and oxygen atoms in total. The van der Waals surface area contributed by atoms with Gasteiger partial charge in [-0.1, -0.05) is 18.2 Å². The van der Waals surface area contributed by atoms with Crippen molar-refractivity contribution in [2.75, 3.05) is 13.7 Å². The summed E-state index contributed by atoms with van der Waals surface area (Å²) in [6.45, 7) is 1.18. The normalized spacial score (nSPS) is 12.5. The molecule has 0 radical (unpaired) electrons. The van der Waals surface area contributed by atoms with Crippen LogP contribution in [0.1, 0.15) is 29.3 Å². The minimum Gasteiger partial charge on any atom is -0.497 e. The molecule has 0 aromatic heterocycles. The molecule has 1 atom stereocenters. The van der Waals surface area contributed by atoms with Crippen molar-refractivity contribution in [3.8, 4) is 5.75 Å². The molecular weight excluding hydrogens is 367 g/mol. The highest BCUT2D eigenvalue weighted by Crippen LogP contribution is 2.27. The van der Waals surface area contributed by atoms with Crippen LogP contribution in [0.15, 0.2) is 48.5 Å². The minimum atomic E-state index is -1.22. The summed E-state index contributed by atoms with van der Waals surface area (Å²) in [4.78, 5) is 35.7. The fourth-order valence-electron chi connectivity index (χ4n) is 2.73. The Morgan fingerprint density at radius 1 is 1.14 bits per heavy atom. The number of carboxylic acid groups (broad SMARTS) is 1. The summed E-state index contributed by atoms with van der Waals surface area (Å²) in [5.41, 5.74) is -0.603. The third kappa shape index (κ3) is 5.54. The van der Waals surface area contributed by atoms with E-state index in [-0.39, 0.29) is 12.0 Å². The van der Waals surface area contributed by atoms with Crippen LogP contribution in [0.3, 0.4) is 0 Å². The molecule has 148 valence electrons. The molecule has 0 aliphatic heterocycles. The van der Waals surface area contributed by atoms with Gasteiger partial charge in [0.1, 0.15) is 11.6 Å². The molecule has 0 aliphatic carbocycles. The lowest BCUT2D eigenvalue weighted by atomic mass is 9.88. The Morgan fingerprint density at radius 3 is 2.50 bits per heavy atom. The van der Waals surface area contributed by atoms with Gasteiger partial charge in [-0.3, -0.25) is 14.4 Å². The number of carbonyl (C=O) groups is 3. The van der Waals surface area contributed by atoms with Gasteiger partial charge in [0, 0.05) is 5.56 Å². The van der Waals surface area contributed by atoms with E-state index in [9.17, 15) is 23.9 Å². The topological polar surface area (TPSA) is 105 Å². The summed E-state index contributed by atoms with van der Waals surface area (Å²) in [5, 5.41) is 14.3. The van der Waals surface area contributed by atoms with Crippen LogP contribution in [-0.2, 0) is 15.1 Å². The molecular formula is C20H21FN2O5. The molecule has 0 saturated heterocycles. The summed E-state index contributed by atoms with van der Waals surface area (Å²) >= 11 is 0. The van der Waals surface area contributed by atoms with Crippen LogP contribution in [0.5, 0.6) is 5.75 Å². The zero-order valence-electron chi connectivity index (χ0n) is 15.5. The van der Waals surface area contributed by atoms with E-state index in [2.05, 4.69) is 10.6 Å². The van der Waals surface area contributed by atoms with Crippen LogP contribution in [0.25, 0.3) is 0 Å². The van der Waals surface area contributed by atoms with Crippen LogP contribution in [0.4, 0.5) is 4.39 Å². The molecule has 2 aromatic rings. The van der Waals surface area contributed by atoms with E-state index >= 15 is 0 Å². The molecule has 0 heterocycles. The fraction of sp³-hybridized carbons (Fsp3) is 0.250. The Labute approximate surface area is 161 Å². The maximum atomic E-state index is 13.2. The third-order valence-electron chi connectivity index (χ3n) is 4.12. The van der Waals surface area contributed by atoms with Crippen molar-refractivity contribution in [1.29, 1.82) is 0 Å². The summed E-state index contributed by atoms with van der Waals surface area (Å²) in [7, 11) is 1.48. The number of hydrogen-bond acceptors (Lipinski definition) is 4. The van der Waals surface area contributed by atoms with Crippen molar-refractivity contribution in [2.45, 2.75) is 18.9 Å². The van der Waals surface area contributed by atoms with Gasteiger partial charge in [-0.2, -0.15) is 0 Å². The van der Waals surface area contributed by atoms with Crippen molar-refractivity contribution in [2.24, 2.45) is 0 Å². The molecule has 0 fully saturated rings. The second kappa shape index (κ2) is 8.98. The second-order valence-electron chi connectivity index (χ2n) is 6.38. The lowest BCUT2D eigenvalue weighted by Gasteiger charge is -2.30. The predicted molar refractivity (Wildman–Crippen MR) is 99.5 cm³/mol. The first-order valence-corrected chi connectivity index (χ1v) is 8.44. The molecule has 0 spiro atoms. The summed E-state index contributed by atoms with van der Waals surface area (Å²) in [6.07, 6.45) is -0.371. The Balaban J connectivity index is 2.10. The van der Waals surface area contributed by atoms with Gasteiger partial charge in [-0.05, 0) is 42.8 Å². The van der Waals surface area contributed by atoms with Crippen molar-refractivity contribution in [3.63, 3.8) is 0 Å². The van der Waals surface area contributed by atoms with Crippen molar-refractivity contribution >= 4 is 17.8 Å². The van der Waals surface area contributed by atoms with Crippen LogP contribution < -0.4 is 15.4 Å². The molecule has 3 N–H and O–H groups in total. The first-order chi connectivity index (χ1) is 13.2. The quantitative estimate of drug-likeness (QED) is 0.642. The number of halogens is 1. The van der Waals surface area contributed by atoms with E-state index in [1.165, 1.54) is 25.3 Å². The smallest absolute Gasteiger partial charge is 0.306 e. The van der Waals surface area contributed by atoms with Gasteiger partial charge in [0.15, 0.2) is 0 Å². The zero-order valence-corrected chi connectivity index (χ0v) is 15.5. The number of methoxy groups -OCH3 is 1. The molecule has 2 aromatic carbocycles. The Hall–Kier alpha value is -3.42. The number of rotatable bonds is 8. The highest BCUT2D eigenvalue weighted by Gasteiger charge is 2.32. The average molecular weight is 388 g/mol. The second-order valence-corrected chi connectivity index (χ2v) is 6.38. The maximum Gasteiger partial charge on any atom is 0.306 e. The van der Waals surface area contributed by atoms with Crippen molar-refractivity contribution < 1.29 is 28.6 Å². The van der Waals surface area contributed by atoms with E-state index in [0.717, 1.165) is 6.07 Å². The number of nitrogens with one attached hydrogen (secondary N) is 2. The van der Waals surface area contributed by atoms with Gasteiger partial charge in [0.2, 0.25) is 5.91 Å². The fourth-order valence-corrected chi connectivity index (χ4v) is 2.73. The number of carbonyl (C=O) groups excluding carboxylic acids is 2. The summed E-state index contributed by atoms with van der Waals surface area (Å²) < 4.78 is 18.3. The van der Waals surface area contributed by atoms with Gasteiger partial charge < -0.3 is 20.5 Å². The molecule has 2 rings (SSSR count). The zero-order chi connectivity index (χ0) is 20.7. The lowest BCUT2D eigenvalue weighted by molar-refractivity contribution is -0.139. The highest BCUT2D eigenvalue weighted by molar-refractivity contribution is 5.96. The van der Waals surface area contributed by atoms with Gasteiger partial charge in [0.05, 0.1) is 25.6 Å². The number of amides is 2. The molecule has 0 bridgehead atoms. The van der Waals surface area contributed by atoms with Crippen LogP contribution in [0, 0.1) is 5.82 Å². The number of hydrogen-bond donors (Lipinski definition) is 3.